The van der Waals surface area contributed by atoms with Crippen LogP contribution in [0.5, 0.6) is 0 Å². The molecule has 3 rings (SSSR count). The molecule has 5 heteroatoms. The van der Waals surface area contributed by atoms with Gasteiger partial charge in [0.1, 0.15) is 13.1 Å². The van der Waals surface area contributed by atoms with Crippen LogP contribution in [-0.2, 0) is 22.4 Å². The van der Waals surface area contributed by atoms with E-state index in [1.807, 2.05) is 18.2 Å². The number of quaternary nitrogens is 1. The minimum Gasteiger partial charge on any atom is -0.370 e. The molecule has 1 saturated heterocycles. The lowest BCUT2D eigenvalue weighted by Gasteiger charge is -2.23. The second kappa shape index (κ2) is 8.41. The Morgan fingerprint density at radius 1 is 1.24 bits per heavy atom. The molecule has 1 fully saturated rings. The maximum absolute atomic E-state index is 12.7. The molecule has 134 valence electrons. The van der Waals surface area contributed by atoms with Crippen molar-refractivity contribution in [1.29, 1.82) is 0 Å². The van der Waals surface area contributed by atoms with E-state index in [-0.39, 0.29) is 5.91 Å². The van der Waals surface area contributed by atoms with Crippen molar-refractivity contribution >= 4 is 22.5 Å². The number of fused-ring (bicyclic) bond motifs is 1. The van der Waals surface area contributed by atoms with Crippen molar-refractivity contribution in [3.05, 3.63) is 35.5 Å². The summed E-state index contributed by atoms with van der Waals surface area (Å²) < 4.78 is 5.38. The van der Waals surface area contributed by atoms with Gasteiger partial charge < -0.3 is 15.0 Å². The fraction of sp³-hybridized carbons (Fsp3) is 0.500. The first kappa shape index (κ1) is 17.8. The summed E-state index contributed by atoms with van der Waals surface area (Å²) in [5.74, 6) is 0.0744. The van der Waals surface area contributed by atoms with E-state index in [9.17, 15) is 4.79 Å². The third-order valence-electron chi connectivity index (χ3n) is 4.79. The zero-order valence-electron chi connectivity index (χ0n) is 15.2. The van der Waals surface area contributed by atoms with Crippen molar-refractivity contribution in [2.45, 2.75) is 33.1 Å². The minimum absolute atomic E-state index is 0.0744. The van der Waals surface area contributed by atoms with Gasteiger partial charge in [-0.3, -0.25) is 9.78 Å². The van der Waals surface area contributed by atoms with Crippen LogP contribution in [0.2, 0.25) is 0 Å². The van der Waals surface area contributed by atoms with Crippen LogP contribution in [0.3, 0.4) is 0 Å². The molecule has 0 bridgehead atoms. The number of pyridine rings is 1. The molecule has 5 nitrogen and oxygen atoms in total. The zero-order chi connectivity index (χ0) is 17.6. The quantitative estimate of drug-likeness (QED) is 0.838. The highest BCUT2D eigenvalue weighted by Gasteiger charge is 2.20. The van der Waals surface area contributed by atoms with Gasteiger partial charge in [-0.05, 0) is 24.5 Å². The summed E-state index contributed by atoms with van der Waals surface area (Å²) in [6, 6.07) is 8.08. The number of rotatable bonds is 6. The molecule has 1 aliphatic rings. The van der Waals surface area contributed by atoms with Crippen LogP contribution in [0.15, 0.2) is 24.3 Å². The van der Waals surface area contributed by atoms with E-state index in [2.05, 4.69) is 25.2 Å². The number of hydrogen-bond acceptors (Lipinski definition) is 3. The summed E-state index contributed by atoms with van der Waals surface area (Å²) in [5, 5.41) is 4.24. The largest absolute Gasteiger partial charge is 0.370 e. The normalized spacial score (nSPS) is 15.4. The Balaban J connectivity index is 1.91. The van der Waals surface area contributed by atoms with Crippen molar-refractivity contribution in [3.63, 3.8) is 0 Å². The molecule has 1 aromatic heterocycles. The number of amides is 1. The maximum atomic E-state index is 12.7. The topological polar surface area (TPSA) is 55.7 Å². The number of morpholine rings is 1. The van der Waals surface area contributed by atoms with Crippen LogP contribution in [0.4, 0.5) is 5.69 Å². The number of hydrogen-bond donors (Lipinski definition) is 2. The molecule has 1 amide bonds. The molecular formula is C20H28N3O2+. The molecule has 0 atom stereocenters. The molecule has 0 unspecified atom stereocenters. The summed E-state index contributed by atoms with van der Waals surface area (Å²) in [4.78, 5) is 18.8. The van der Waals surface area contributed by atoms with Gasteiger partial charge in [-0.2, -0.15) is 0 Å². The number of carbonyl (C=O) groups is 1. The summed E-state index contributed by atoms with van der Waals surface area (Å²) in [6.07, 6.45) is 2.85. The van der Waals surface area contributed by atoms with Gasteiger partial charge in [-0.25, -0.2) is 0 Å². The first-order valence-corrected chi connectivity index (χ1v) is 9.34. The Labute approximate surface area is 149 Å². The van der Waals surface area contributed by atoms with Gasteiger partial charge in [0, 0.05) is 11.1 Å². The van der Waals surface area contributed by atoms with Crippen LogP contribution < -0.4 is 10.2 Å². The second-order valence-electron chi connectivity index (χ2n) is 6.62. The van der Waals surface area contributed by atoms with Crippen molar-refractivity contribution in [2.75, 3.05) is 38.2 Å². The van der Waals surface area contributed by atoms with Crippen LogP contribution in [0.1, 0.15) is 31.5 Å². The maximum Gasteiger partial charge on any atom is 0.279 e. The van der Waals surface area contributed by atoms with Crippen LogP contribution in [0.25, 0.3) is 10.9 Å². The lowest BCUT2D eigenvalue weighted by atomic mass is 10.0. The molecule has 2 heterocycles. The first-order chi connectivity index (χ1) is 12.2. The van der Waals surface area contributed by atoms with E-state index < -0.39 is 0 Å². The van der Waals surface area contributed by atoms with Crippen LogP contribution in [-0.4, -0.2) is 43.7 Å². The van der Waals surface area contributed by atoms with Crippen molar-refractivity contribution in [3.8, 4) is 0 Å². The summed E-state index contributed by atoms with van der Waals surface area (Å²) in [6.45, 7) is 8.05. The van der Waals surface area contributed by atoms with Crippen LogP contribution in [0, 0.1) is 0 Å². The number of aryl methyl sites for hydroxylation is 1. The third-order valence-corrected chi connectivity index (χ3v) is 4.79. The van der Waals surface area contributed by atoms with Crippen molar-refractivity contribution in [2.24, 2.45) is 0 Å². The SMILES string of the molecule is CCCc1nc2ccccc2c(NC(=O)C[NH+]2CCOCC2)c1CC. The molecule has 1 aliphatic heterocycles. The van der Waals surface area contributed by atoms with Crippen molar-refractivity contribution in [1.82, 2.24) is 4.98 Å². The molecule has 0 radical (unpaired) electrons. The highest BCUT2D eigenvalue weighted by molar-refractivity contribution is 6.02. The lowest BCUT2D eigenvalue weighted by molar-refractivity contribution is -0.899. The van der Waals surface area contributed by atoms with Gasteiger partial charge in [0.05, 0.1) is 24.4 Å². The Bertz CT molecular complexity index is 739. The molecular weight excluding hydrogens is 314 g/mol. The number of aromatic nitrogens is 1. The molecule has 0 saturated carbocycles. The fourth-order valence-electron chi connectivity index (χ4n) is 3.52. The van der Waals surface area contributed by atoms with E-state index in [0.29, 0.717) is 6.54 Å². The molecule has 1 aromatic carbocycles. The molecule has 0 aliphatic carbocycles. The van der Waals surface area contributed by atoms with Gasteiger partial charge in [-0.15, -0.1) is 0 Å². The number of ether oxygens (including phenoxy) is 1. The number of nitrogens with zero attached hydrogens (tertiary/aromatic N) is 1. The summed E-state index contributed by atoms with van der Waals surface area (Å²) in [7, 11) is 0. The van der Waals surface area contributed by atoms with E-state index in [1.165, 1.54) is 10.5 Å². The van der Waals surface area contributed by atoms with E-state index in [1.54, 1.807) is 0 Å². The van der Waals surface area contributed by atoms with E-state index in [0.717, 1.165) is 67.8 Å². The Hall–Kier alpha value is -1.98. The highest BCUT2D eigenvalue weighted by atomic mass is 16.5. The van der Waals surface area contributed by atoms with E-state index in [4.69, 9.17) is 9.72 Å². The number of nitrogens with one attached hydrogen (secondary N) is 2. The van der Waals surface area contributed by atoms with E-state index >= 15 is 0 Å². The Morgan fingerprint density at radius 3 is 2.72 bits per heavy atom. The Morgan fingerprint density at radius 2 is 2.00 bits per heavy atom. The number of carbonyl (C=O) groups excluding carboxylic acids is 1. The number of anilines is 1. The van der Waals surface area contributed by atoms with Gasteiger partial charge >= 0.3 is 0 Å². The zero-order valence-corrected chi connectivity index (χ0v) is 15.2. The monoisotopic (exact) mass is 342 g/mol. The van der Waals surface area contributed by atoms with Gasteiger partial charge in [-0.1, -0.05) is 38.5 Å². The molecule has 0 spiro atoms. The first-order valence-electron chi connectivity index (χ1n) is 9.34. The summed E-state index contributed by atoms with van der Waals surface area (Å²) in [5.41, 5.74) is 4.19. The van der Waals surface area contributed by atoms with Gasteiger partial charge in [0.25, 0.3) is 5.91 Å². The molecule has 2 N–H and O–H groups in total. The van der Waals surface area contributed by atoms with Crippen LogP contribution >= 0.6 is 0 Å². The number of para-hydroxylation sites is 1. The summed E-state index contributed by atoms with van der Waals surface area (Å²) >= 11 is 0. The highest BCUT2D eigenvalue weighted by Crippen LogP contribution is 2.29. The average molecular weight is 342 g/mol. The fourth-order valence-corrected chi connectivity index (χ4v) is 3.52. The predicted molar refractivity (Wildman–Crippen MR) is 100 cm³/mol. The number of benzene rings is 1. The predicted octanol–water partition coefficient (Wildman–Crippen LogP) is 1.60. The minimum atomic E-state index is 0.0744. The lowest BCUT2D eigenvalue weighted by Crippen LogP contribution is -3.15. The second-order valence-corrected chi connectivity index (χ2v) is 6.62. The average Bonchev–Trinajstić information content (AvgIpc) is 2.63. The third kappa shape index (κ3) is 4.17. The molecule has 2 aromatic rings. The van der Waals surface area contributed by atoms with Gasteiger partial charge in [0.15, 0.2) is 6.54 Å². The Kier molecular flexibility index (Phi) is 6.00. The molecule has 25 heavy (non-hydrogen) atoms. The smallest absolute Gasteiger partial charge is 0.279 e. The standard InChI is InChI=1S/C20H27N3O2/c1-3-7-17-15(4-2)20(16-8-5-6-9-18(16)21-17)22-19(24)14-23-10-12-25-13-11-23/h5-6,8-9H,3-4,7,10-14H2,1-2H3,(H,21,22,24)/p+1. The van der Waals surface area contributed by atoms with Gasteiger partial charge in [0.2, 0.25) is 0 Å². The van der Waals surface area contributed by atoms with Crippen molar-refractivity contribution < 1.29 is 14.4 Å².